The Morgan fingerprint density at radius 2 is 1.69 bits per heavy atom. The summed E-state index contributed by atoms with van der Waals surface area (Å²) in [5.41, 5.74) is 5.84. The maximum Gasteiger partial charge on any atom is 0.269 e. The average Bonchev–Trinajstić information content (AvgIpc) is 3.02. The van der Waals surface area contributed by atoms with Crippen LogP contribution in [-0.4, -0.2) is 24.3 Å². The third-order valence-electron chi connectivity index (χ3n) is 4.04. The van der Waals surface area contributed by atoms with Gasteiger partial charge in [-0.15, -0.1) is 0 Å². The number of nitrogens with one attached hydrogen (secondary N) is 2. The number of hydrogen-bond donors (Lipinski definition) is 2. The largest absolute Gasteiger partial charge is 0.312 e. The van der Waals surface area contributed by atoms with Crippen LogP contribution < -0.4 is 15.8 Å². The summed E-state index contributed by atoms with van der Waals surface area (Å²) in [5.74, 6) is -1.52. The minimum absolute atomic E-state index is 0.0959. The standard InChI is InChI=1S/C18H15BrClN3O3/c19-13-3-7-15(8-4-13)23-10-12(9-16(23)24)18(26)22-21-17(25)11-1-5-14(20)6-2-11/h1-8,12H,9-10H2,(H,21,25)(H,22,26)/t12-/m0/s1. The summed E-state index contributed by atoms with van der Waals surface area (Å²) >= 11 is 9.12. The quantitative estimate of drug-likeness (QED) is 0.726. The summed E-state index contributed by atoms with van der Waals surface area (Å²) in [6.45, 7) is 0.267. The van der Waals surface area contributed by atoms with Crippen LogP contribution in [0.15, 0.2) is 53.0 Å². The molecule has 3 rings (SSSR count). The molecule has 2 aromatic rings. The summed E-state index contributed by atoms with van der Waals surface area (Å²) in [4.78, 5) is 38.1. The number of benzene rings is 2. The lowest BCUT2D eigenvalue weighted by atomic mass is 10.1. The molecule has 3 amide bonds. The van der Waals surface area contributed by atoms with E-state index in [1.54, 1.807) is 29.2 Å². The maximum absolute atomic E-state index is 12.3. The van der Waals surface area contributed by atoms with Crippen molar-refractivity contribution in [2.45, 2.75) is 6.42 Å². The second kappa shape index (κ2) is 7.88. The smallest absolute Gasteiger partial charge is 0.269 e. The predicted octanol–water partition coefficient (Wildman–Crippen LogP) is 2.92. The molecule has 2 aromatic carbocycles. The molecule has 1 saturated heterocycles. The Kier molecular flexibility index (Phi) is 5.58. The van der Waals surface area contributed by atoms with Crippen molar-refractivity contribution in [3.05, 3.63) is 63.6 Å². The molecule has 0 bridgehead atoms. The van der Waals surface area contributed by atoms with Crippen molar-refractivity contribution in [2.75, 3.05) is 11.4 Å². The highest BCUT2D eigenvalue weighted by molar-refractivity contribution is 9.10. The number of carbonyl (C=O) groups excluding carboxylic acids is 3. The van der Waals surface area contributed by atoms with E-state index >= 15 is 0 Å². The second-order valence-electron chi connectivity index (χ2n) is 5.83. The number of hydrogen-bond acceptors (Lipinski definition) is 3. The Morgan fingerprint density at radius 1 is 1.04 bits per heavy atom. The zero-order chi connectivity index (χ0) is 18.7. The highest BCUT2D eigenvalue weighted by atomic mass is 79.9. The van der Waals surface area contributed by atoms with E-state index in [1.165, 1.54) is 0 Å². The molecule has 0 spiro atoms. The highest BCUT2D eigenvalue weighted by Gasteiger charge is 2.35. The van der Waals surface area contributed by atoms with E-state index in [-0.39, 0.29) is 18.9 Å². The van der Waals surface area contributed by atoms with Crippen molar-refractivity contribution in [1.29, 1.82) is 0 Å². The summed E-state index contributed by atoms with van der Waals surface area (Å²) in [5, 5.41) is 0.517. The van der Waals surface area contributed by atoms with Crippen LogP contribution in [0.1, 0.15) is 16.8 Å². The number of rotatable bonds is 3. The molecule has 2 N–H and O–H groups in total. The van der Waals surface area contributed by atoms with E-state index < -0.39 is 17.7 Å². The molecule has 1 heterocycles. The Labute approximate surface area is 163 Å². The lowest BCUT2D eigenvalue weighted by molar-refractivity contribution is -0.126. The molecular weight excluding hydrogens is 422 g/mol. The third-order valence-corrected chi connectivity index (χ3v) is 4.82. The molecule has 0 aliphatic carbocycles. The molecule has 1 fully saturated rings. The van der Waals surface area contributed by atoms with E-state index in [1.807, 2.05) is 24.3 Å². The lowest BCUT2D eigenvalue weighted by Crippen LogP contribution is -2.45. The molecule has 1 aliphatic heterocycles. The van der Waals surface area contributed by atoms with Gasteiger partial charge in [0.05, 0.1) is 5.92 Å². The van der Waals surface area contributed by atoms with Gasteiger partial charge in [0.15, 0.2) is 0 Å². The Morgan fingerprint density at radius 3 is 2.35 bits per heavy atom. The third kappa shape index (κ3) is 4.23. The van der Waals surface area contributed by atoms with Crippen LogP contribution >= 0.6 is 27.5 Å². The average molecular weight is 437 g/mol. The first-order valence-corrected chi connectivity index (χ1v) is 9.03. The van der Waals surface area contributed by atoms with Crippen molar-refractivity contribution < 1.29 is 14.4 Å². The van der Waals surface area contributed by atoms with Crippen LogP contribution in [0.5, 0.6) is 0 Å². The maximum atomic E-state index is 12.3. The van der Waals surface area contributed by atoms with Gasteiger partial charge in [-0.3, -0.25) is 25.2 Å². The summed E-state index contributed by atoms with van der Waals surface area (Å²) in [7, 11) is 0. The summed E-state index contributed by atoms with van der Waals surface area (Å²) < 4.78 is 0.909. The molecule has 0 saturated carbocycles. The van der Waals surface area contributed by atoms with Crippen LogP contribution in [0.4, 0.5) is 5.69 Å². The molecule has 1 atom stereocenters. The van der Waals surface area contributed by atoms with Crippen molar-refractivity contribution >= 4 is 50.9 Å². The number of hydrazine groups is 1. The number of nitrogens with zero attached hydrogens (tertiary/aromatic N) is 1. The Balaban J connectivity index is 1.57. The molecule has 26 heavy (non-hydrogen) atoms. The molecule has 6 nitrogen and oxygen atoms in total. The first-order valence-electron chi connectivity index (χ1n) is 7.86. The predicted molar refractivity (Wildman–Crippen MR) is 102 cm³/mol. The first-order chi connectivity index (χ1) is 12.4. The monoisotopic (exact) mass is 435 g/mol. The highest BCUT2D eigenvalue weighted by Crippen LogP contribution is 2.26. The van der Waals surface area contributed by atoms with Gasteiger partial charge >= 0.3 is 0 Å². The number of carbonyl (C=O) groups is 3. The van der Waals surface area contributed by atoms with Gasteiger partial charge in [-0.25, -0.2) is 0 Å². The summed E-state index contributed by atoms with van der Waals surface area (Å²) in [6, 6.07) is 13.6. The van der Waals surface area contributed by atoms with Crippen LogP contribution in [-0.2, 0) is 9.59 Å². The van der Waals surface area contributed by atoms with Crippen molar-refractivity contribution in [3.63, 3.8) is 0 Å². The summed E-state index contributed by atoms with van der Waals surface area (Å²) in [6.07, 6.45) is 0.0959. The second-order valence-corrected chi connectivity index (χ2v) is 7.18. The zero-order valence-electron chi connectivity index (χ0n) is 13.5. The van der Waals surface area contributed by atoms with Crippen LogP contribution in [0.25, 0.3) is 0 Å². The van der Waals surface area contributed by atoms with E-state index in [0.717, 1.165) is 10.2 Å². The van der Waals surface area contributed by atoms with Crippen molar-refractivity contribution in [1.82, 2.24) is 10.9 Å². The van der Waals surface area contributed by atoms with Crippen LogP contribution in [0.2, 0.25) is 5.02 Å². The molecular formula is C18H15BrClN3O3. The van der Waals surface area contributed by atoms with Crippen molar-refractivity contribution in [3.8, 4) is 0 Å². The van der Waals surface area contributed by atoms with Crippen LogP contribution in [0.3, 0.4) is 0 Å². The molecule has 0 radical (unpaired) electrons. The fourth-order valence-corrected chi connectivity index (χ4v) is 3.04. The van der Waals surface area contributed by atoms with Crippen LogP contribution in [0, 0.1) is 5.92 Å². The zero-order valence-corrected chi connectivity index (χ0v) is 15.9. The van der Waals surface area contributed by atoms with Gasteiger partial charge < -0.3 is 4.90 Å². The van der Waals surface area contributed by atoms with E-state index in [0.29, 0.717) is 10.6 Å². The van der Waals surface area contributed by atoms with Gasteiger partial charge in [0, 0.05) is 33.7 Å². The van der Waals surface area contributed by atoms with Gasteiger partial charge in [-0.2, -0.15) is 0 Å². The van der Waals surface area contributed by atoms with Crippen molar-refractivity contribution in [2.24, 2.45) is 5.92 Å². The van der Waals surface area contributed by atoms with E-state index in [9.17, 15) is 14.4 Å². The topological polar surface area (TPSA) is 78.5 Å². The molecule has 0 unspecified atom stereocenters. The minimum Gasteiger partial charge on any atom is -0.312 e. The number of anilines is 1. The molecule has 8 heteroatoms. The minimum atomic E-state index is -0.531. The fraction of sp³-hybridized carbons (Fsp3) is 0.167. The SMILES string of the molecule is O=C(NNC(=O)[C@H]1CC(=O)N(c2ccc(Br)cc2)C1)c1ccc(Cl)cc1. The van der Waals surface area contributed by atoms with Gasteiger partial charge in [0.1, 0.15) is 0 Å². The Bertz CT molecular complexity index is 840. The number of halogens is 2. The van der Waals surface area contributed by atoms with E-state index in [2.05, 4.69) is 26.8 Å². The fourth-order valence-electron chi connectivity index (χ4n) is 2.65. The van der Waals surface area contributed by atoms with Gasteiger partial charge in [-0.05, 0) is 48.5 Å². The van der Waals surface area contributed by atoms with E-state index in [4.69, 9.17) is 11.6 Å². The lowest BCUT2D eigenvalue weighted by Gasteiger charge is -2.17. The van der Waals surface area contributed by atoms with Gasteiger partial charge in [0.25, 0.3) is 5.91 Å². The molecule has 1 aliphatic rings. The Hall–Kier alpha value is -2.38. The number of amides is 3. The normalized spacial score (nSPS) is 16.5. The molecule has 0 aromatic heterocycles. The first kappa shape index (κ1) is 18.4. The van der Waals surface area contributed by atoms with Gasteiger partial charge in [0.2, 0.25) is 11.8 Å². The molecule has 134 valence electrons. The van der Waals surface area contributed by atoms with Gasteiger partial charge in [-0.1, -0.05) is 27.5 Å².